The molecule has 13 heavy (non-hydrogen) atoms. The molecule has 0 rings (SSSR count). The monoisotopic (exact) mass is 185 g/mol. The molecule has 0 saturated carbocycles. The first kappa shape index (κ1) is 12.6. The fourth-order valence-electron chi connectivity index (χ4n) is 1.72. The van der Waals surface area contributed by atoms with Crippen LogP contribution in [0.3, 0.4) is 0 Å². The molecule has 78 valence electrons. The second-order valence-corrected chi connectivity index (χ2v) is 4.14. The SMILES string of the molecule is CCC(CCC=O)N(C)CC(C)C. The minimum atomic E-state index is 0.576. The van der Waals surface area contributed by atoms with E-state index in [0.717, 1.165) is 25.7 Å². The number of nitrogens with zero attached hydrogens (tertiary/aromatic N) is 1. The lowest BCUT2D eigenvalue weighted by Gasteiger charge is -2.28. The zero-order valence-electron chi connectivity index (χ0n) is 9.42. The topological polar surface area (TPSA) is 20.3 Å². The Labute approximate surface area is 82.3 Å². The average Bonchev–Trinajstić information content (AvgIpc) is 2.04. The normalized spacial score (nSPS) is 13.7. The quantitative estimate of drug-likeness (QED) is 0.567. The fourth-order valence-corrected chi connectivity index (χ4v) is 1.72. The molecule has 0 heterocycles. The summed E-state index contributed by atoms with van der Waals surface area (Å²) in [5.41, 5.74) is 0. The van der Waals surface area contributed by atoms with Gasteiger partial charge in [-0.1, -0.05) is 20.8 Å². The van der Waals surface area contributed by atoms with Crippen LogP contribution in [0.15, 0.2) is 0 Å². The highest BCUT2D eigenvalue weighted by Gasteiger charge is 2.12. The Morgan fingerprint density at radius 1 is 1.38 bits per heavy atom. The molecule has 0 aliphatic heterocycles. The van der Waals surface area contributed by atoms with E-state index < -0.39 is 0 Å². The van der Waals surface area contributed by atoms with Crippen LogP contribution in [0.1, 0.15) is 40.0 Å². The first-order valence-corrected chi connectivity index (χ1v) is 5.25. The van der Waals surface area contributed by atoms with Crippen molar-refractivity contribution in [2.45, 2.75) is 46.1 Å². The molecule has 1 unspecified atom stereocenters. The zero-order chi connectivity index (χ0) is 10.3. The van der Waals surface area contributed by atoms with Crippen LogP contribution in [0, 0.1) is 5.92 Å². The second kappa shape index (κ2) is 7.07. The van der Waals surface area contributed by atoms with Crippen LogP contribution < -0.4 is 0 Å². The molecule has 0 fully saturated rings. The lowest BCUT2D eigenvalue weighted by Crippen LogP contribution is -2.34. The smallest absolute Gasteiger partial charge is 0.120 e. The molecule has 0 spiro atoms. The number of hydrogen-bond acceptors (Lipinski definition) is 2. The Hall–Kier alpha value is -0.370. The van der Waals surface area contributed by atoms with Gasteiger partial charge in [-0.25, -0.2) is 0 Å². The summed E-state index contributed by atoms with van der Waals surface area (Å²) in [5, 5.41) is 0. The lowest BCUT2D eigenvalue weighted by atomic mass is 10.1. The summed E-state index contributed by atoms with van der Waals surface area (Å²) in [6.07, 6.45) is 3.85. The summed E-state index contributed by atoms with van der Waals surface area (Å²) in [7, 11) is 2.15. The molecular weight excluding hydrogens is 162 g/mol. The summed E-state index contributed by atoms with van der Waals surface area (Å²) in [4.78, 5) is 12.6. The maximum Gasteiger partial charge on any atom is 0.120 e. The summed E-state index contributed by atoms with van der Waals surface area (Å²) in [6, 6.07) is 0.576. The molecule has 0 N–H and O–H groups in total. The number of carbonyl (C=O) groups excluding carboxylic acids is 1. The largest absolute Gasteiger partial charge is 0.303 e. The molecule has 0 aromatic carbocycles. The van der Waals surface area contributed by atoms with Crippen molar-refractivity contribution in [1.82, 2.24) is 4.90 Å². The maximum absolute atomic E-state index is 10.3. The predicted molar refractivity (Wildman–Crippen MR) is 56.8 cm³/mol. The molecule has 0 saturated heterocycles. The van der Waals surface area contributed by atoms with Gasteiger partial charge in [-0.05, 0) is 25.8 Å². The van der Waals surface area contributed by atoms with Crippen molar-refractivity contribution in [3.8, 4) is 0 Å². The Balaban J connectivity index is 3.83. The van der Waals surface area contributed by atoms with Gasteiger partial charge in [0, 0.05) is 19.0 Å². The van der Waals surface area contributed by atoms with Crippen molar-refractivity contribution in [2.75, 3.05) is 13.6 Å². The van der Waals surface area contributed by atoms with Gasteiger partial charge >= 0.3 is 0 Å². The molecule has 0 radical (unpaired) electrons. The van der Waals surface area contributed by atoms with Crippen molar-refractivity contribution in [2.24, 2.45) is 5.92 Å². The van der Waals surface area contributed by atoms with Crippen LogP contribution in [0.4, 0.5) is 0 Å². The predicted octanol–water partition coefficient (Wildman–Crippen LogP) is 2.33. The highest BCUT2D eigenvalue weighted by atomic mass is 16.1. The van der Waals surface area contributed by atoms with Gasteiger partial charge in [0.05, 0.1) is 0 Å². The zero-order valence-corrected chi connectivity index (χ0v) is 9.42. The first-order chi connectivity index (χ1) is 6.11. The van der Waals surface area contributed by atoms with E-state index in [0.29, 0.717) is 18.4 Å². The summed E-state index contributed by atoms with van der Waals surface area (Å²) < 4.78 is 0. The molecule has 2 nitrogen and oxygen atoms in total. The van der Waals surface area contributed by atoms with E-state index in [4.69, 9.17) is 0 Å². The van der Waals surface area contributed by atoms with Crippen LogP contribution >= 0.6 is 0 Å². The third kappa shape index (κ3) is 5.81. The fraction of sp³-hybridized carbons (Fsp3) is 0.909. The molecule has 0 aliphatic rings. The number of aldehydes is 1. The number of hydrogen-bond donors (Lipinski definition) is 0. The number of carbonyl (C=O) groups is 1. The van der Waals surface area contributed by atoms with Gasteiger partial charge in [0.15, 0.2) is 0 Å². The van der Waals surface area contributed by atoms with Gasteiger partial charge in [-0.15, -0.1) is 0 Å². The average molecular weight is 185 g/mol. The van der Waals surface area contributed by atoms with Crippen molar-refractivity contribution in [3.05, 3.63) is 0 Å². The third-order valence-corrected chi connectivity index (χ3v) is 2.37. The first-order valence-electron chi connectivity index (χ1n) is 5.25. The summed E-state index contributed by atoms with van der Waals surface area (Å²) in [5.74, 6) is 0.704. The Kier molecular flexibility index (Phi) is 6.87. The van der Waals surface area contributed by atoms with Crippen LogP contribution in [0.5, 0.6) is 0 Å². The van der Waals surface area contributed by atoms with Crippen LogP contribution in [0.25, 0.3) is 0 Å². The van der Waals surface area contributed by atoms with Crippen molar-refractivity contribution in [1.29, 1.82) is 0 Å². The maximum atomic E-state index is 10.3. The molecule has 0 amide bonds. The van der Waals surface area contributed by atoms with Gasteiger partial charge in [0.25, 0.3) is 0 Å². The van der Waals surface area contributed by atoms with Crippen LogP contribution in [0.2, 0.25) is 0 Å². The van der Waals surface area contributed by atoms with E-state index in [1.165, 1.54) is 0 Å². The summed E-state index contributed by atoms with van der Waals surface area (Å²) in [6.45, 7) is 7.76. The van der Waals surface area contributed by atoms with E-state index in [9.17, 15) is 4.79 Å². The van der Waals surface area contributed by atoms with E-state index in [2.05, 4.69) is 32.7 Å². The van der Waals surface area contributed by atoms with Gasteiger partial charge in [-0.3, -0.25) is 0 Å². The minimum Gasteiger partial charge on any atom is -0.303 e. The number of rotatable bonds is 7. The Morgan fingerprint density at radius 3 is 2.38 bits per heavy atom. The molecule has 0 aromatic rings. The highest BCUT2D eigenvalue weighted by molar-refractivity contribution is 5.49. The molecule has 0 aromatic heterocycles. The lowest BCUT2D eigenvalue weighted by molar-refractivity contribution is -0.108. The van der Waals surface area contributed by atoms with Gasteiger partial charge in [0.2, 0.25) is 0 Å². The third-order valence-electron chi connectivity index (χ3n) is 2.37. The highest BCUT2D eigenvalue weighted by Crippen LogP contribution is 2.10. The van der Waals surface area contributed by atoms with E-state index in [1.54, 1.807) is 0 Å². The van der Waals surface area contributed by atoms with Gasteiger partial charge < -0.3 is 9.69 Å². The van der Waals surface area contributed by atoms with Gasteiger partial charge in [-0.2, -0.15) is 0 Å². The van der Waals surface area contributed by atoms with E-state index in [-0.39, 0.29) is 0 Å². The van der Waals surface area contributed by atoms with Crippen molar-refractivity contribution < 1.29 is 4.79 Å². The van der Waals surface area contributed by atoms with E-state index >= 15 is 0 Å². The van der Waals surface area contributed by atoms with Crippen molar-refractivity contribution in [3.63, 3.8) is 0 Å². The molecule has 2 heteroatoms. The molecule has 1 atom stereocenters. The Morgan fingerprint density at radius 2 is 2.00 bits per heavy atom. The minimum absolute atomic E-state index is 0.576. The van der Waals surface area contributed by atoms with Crippen LogP contribution in [-0.4, -0.2) is 30.8 Å². The molecular formula is C11H23NO. The summed E-state index contributed by atoms with van der Waals surface area (Å²) >= 11 is 0. The van der Waals surface area contributed by atoms with E-state index in [1.807, 2.05) is 0 Å². The standard InChI is InChI=1S/C11H23NO/c1-5-11(7-6-8-13)12(4)9-10(2)3/h8,10-11H,5-7,9H2,1-4H3. The Bertz CT molecular complexity index is 134. The second-order valence-electron chi connectivity index (χ2n) is 4.14. The van der Waals surface area contributed by atoms with Crippen LogP contribution in [-0.2, 0) is 4.79 Å². The van der Waals surface area contributed by atoms with Gasteiger partial charge in [0.1, 0.15) is 6.29 Å². The molecule has 0 bridgehead atoms. The molecule has 0 aliphatic carbocycles. The van der Waals surface area contributed by atoms with Crippen molar-refractivity contribution >= 4 is 6.29 Å².